The van der Waals surface area contributed by atoms with Crippen molar-refractivity contribution in [3.8, 4) is 0 Å². The number of benzene rings is 1. The number of pyridine rings is 1. The van der Waals surface area contributed by atoms with Crippen molar-refractivity contribution in [1.82, 2.24) is 10.3 Å². The Morgan fingerprint density at radius 3 is 2.50 bits per heavy atom. The molecule has 0 saturated heterocycles. The van der Waals surface area contributed by atoms with Crippen LogP contribution in [0.15, 0.2) is 48.7 Å². The molecule has 2 rings (SSSR count). The first-order chi connectivity index (χ1) is 12.5. The maximum atomic E-state index is 12.8. The summed E-state index contributed by atoms with van der Waals surface area (Å²) in [5.41, 5.74) is 1.50. The number of carboxylic acids is 1. The van der Waals surface area contributed by atoms with Gasteiger partial charge in [-0.15, -0.1) is 0 Å². The van der Waals surface area contributed by atoms with E-state index in [1.165, 1.54) is 0 Å². The van der Waals surface area contributed by atoms with E-state index in [1.807, 2.05) is 44.2 Å². The van der Waals surface area contributed by atoms with Gasteiger partial charge in [0.15, 0.2) is 0 Å². The normalized spacial score (nSPS) is 11.8. The highest BCUT2D eigenvalue weighted by Gasteiger charge is 2.18. The molecular formula is C20H25N3O3. The summed E-state index contributed by atoms with van der Waals surface area (Å²) in [6.45, 7) is 3.95. The number of hydrogen-bond donors (Lipinski definition) is 3. The lowest BCUT2D eigenvalue weighted by molar-refractivity contribution is -0.137. The van der Waals surface area contributed by atoms with Crippen molar-refractivity contribution in [1.29, 1.82) is 0 Å². The Bertz CT molecular complexity index is 732. The molecule has 6 heteroatoms. The fourth-order valence-electron chi connectivity index (χ4n) is 2.66. The molecule has 0 aliphatic carbocycles. The molecule has 6 nitrogen and oxygen atoms in total. The highest BCUT2D eigenvalue weighted by atomic mass is 16.4. The van der Waals surface area contributed by atoms with Gasteiger partial charge in [0.1, 0.15) is 5.82 Å². The first kappa shape index (κ1) is 19.4. The number of nitrogens with one attached hydrogen (secondary N) is 2. The van der Waals surface area contributed by atoms with E-state index in [0.29, 0.717) is 24.2 Å². The molecule has 2 aromatic rings. The number of hydrogen-bond acceptors (Lipinski definition) is 4. The van der Waals surface area contributed by atoms with Crippen LogP contribution in [0.3, 0.4) is 0 Å². The summed E-state index contributed by atoms with van der Waals surface area (Å²) in [4.78, 5) is 27.9. The van der Waals surface area contributed by atoms with Gasteiger partial charge < -0.3 is 15.7 Å². The van der Waals surface area contributed by atoms with Gasteiger partial charge in [0.25, 0.3) is 5.91 Å². The Balaban J connectivity index is 2.13. The summed E-state index contributed by atoms with van der Waals surface area (Å²) < 4.78 is 0. The largest absolute Gasteiger partial charge is 0.481 e. The minimum absolute atomic E-state index is 0.00191. The van der Waals surface area contributed by atoms with Crippen LogP contribution in [0.2, 0.25) is 0 Å². The van der Waals surface area contributed by atoms with Gasteiger partial charge in [0.2, 0.25) is 0 Å². The van der Waals surface area contributed by atoms with Gasteiger partial charge in [-0.25, -0.2) is 4.98 Å². The molecule has 26 heavy (non-hydrogen) atoms. The SMILES string of the molecule is CC(C)Nc1ncccc1C(=O)NC(CCC(=O)O)Cc1ccccc1. The zero-order valence-corrected chi connectivity index (χ0v) is 15.1. The number of aliphatic carboxylic acids is 1. The molecule has 0 saturated carbocycles. The number of anilines is 1. The summed E-state index contributed by atoms with van der Waals surface area (Å²) in [6, 6.07) is 13.0. The Labute approximate surface area is 153 Å². The van der Waals surface area contributed by atoms with Crippen LogP contribution in [0.5, 0.6) is 0 Å². The van der Waals surface area contributed by atoms with Crippen molar-refractivity contribution >= 4 is 17.7 Å². The third kappa shape index (κ3) is 6.20. The third-order valence-electron chi connectivity index (χ3n) is 3.84. The lowest BCUT2D eigenvalue weighted by Gasteiger charge is -2.20. The van der Waals surface area contributed by atoms with Crippen LogP contribution in [0, 0.1) is 0 Å². The maximum absolute atomic E-state index is 12.8. The van der Waals surface area contributed by atoms with Gasteiger partial charge in [-0.05, 0) is 44.4 Å². The number of aromatic nitrogens is 1. The quantitative estimate of drug-likeness (QED) is 0.643. The van der Waals surface area contributed by atoms with Gasteiger partial charge in [0, 0.05) is 24.7 Å². The van der Waals surface area contributed by atoms with E-state index < -0.39 is 5.97 Å². The van der Waals surface area contributed by atoms with Crippen LogP contribution in [-0.2, 0) is 11.2 Å². The molecule has 0 aliphatic rings. The van der Waals surface area contributed by atoms with Crippen LogP contribution in [-0.4, -0.2) is 34.1 Å². The molecule has 0 spiro atoms. The lowest BCUT2D eigenvalue weighted by atomic mass is 10.0. The number of carboxylic acid groups (broad SMARTS) is 1. The minimum Gasteiger partial charge on any atom is -0.481 e. The zero-order chi connectivity index (χ0) is 18.9. The molecule has 1 heterocycles. The second-order valence-corrected chi connectivity index (χ2v) is 6.49. The maximum Gasteiger partial charge on any atom is 0.303 e. The van der Waals surface area contributed by atoms with Crippen LogP contribution >= 0.6 is 0 Å². The Morgan fingerprint density at radius 1 is 1.12 bits per heavy atom. The molecule has 0 bridgehead atoms. The van der Waals surface area contributed by atoms with Crippen LogP contribution < -0.4 is 10.6 Å². The number of nitrogens with zero attached hydrogens (tertiary/aromatic N) is 1. The fourth-order valence-corrected chi connectivity index (χ4v) is 2.66. The number of amides is 1. The van der Waals surface area contributed by atoms with Crippen molar-refractivity contribution in [3.63, 3.8) is 0 Å². The summed E-state index contributed by atoms with van der Waals surface area (Å²) >= 11 is 0. The predicted octanol–water partition coefficient (Wildman–Crippen LogP) is 3.11. The van der Waals surface area contributed by atoms with Crippen molar-refractivity contribution < 1.29 is 14.7 Å². The van der Waals surface area contributed by atoms with Gasteiger partial charge in [-0.2, -0.15) is 0 Å². The topological polar surface area (TPSA) is 91.3 Å². The van der Waals surface area contributed by atoms with Crippen LogP contribution in [0.25, 0.3) is 0 Å². The highest BCUT2D eigenvalue weighted by molar-refractivity contribution is 5.98. The van der Waals surface area contributed by atoms with E-state index >= 15 is 0 Å². The zero-order valence-electron chi connectivity index (χ0n) is 15.1. The number of rotatable bonds is 9. The average Bonchev–Trinajstić information content (AvgIpc) is 2.60. The minimum atomic E-state index is -0.874. The highest BCUT2D eigenvalue weighted by Crippen LogP contribution is 2.14. The molecule has 1 aromatic carbocycles. The smallest absolute Gasteiger partial charge is 0.303 e. The van der Waals surface area contributed by atoms with Crippen molar-refractivity contribution in [3.05, 3.63) is 59.8 Å². The molecule has 0 radical (unpaired) electrons. The van der Waals surface area contributed by atoms with Gasteiger partial charge >= 0.3 is 5.97 Å². The standard InChI is InChI=1S/C20H25N3O3/c1-14(2)22-19-17(9-6-12-21-19)20(26)23-16(10-11-18(24)25)13-15-7-4-3-5-8-15/h3-9,12,14,16H,10-11,13H2,1-2H3,(H,21,22)(H,23,26)(H,24,25). The molecule has 1 aromatic heterocycles. The molecule has 1 unspecified atom stereocenters. The summed E-state index contributed by atoms with van der Waals surface area (Å²) in [5.74, 6) is -0.606. The van der Waals surface area contributed by atoms with E-state index in [1.54, 1.807) is 18.3 Å². The second-order valence-electron chi connectivity index (χ2n) is 6.49. The number of carbonyl (C=O) groups is 2. The third-order valence-corrected chi connectivity index (χ3v) is 3.84. The van der Waals surface area contributed by atoms with Gasteiger partial charge in [-0.3, -0.25) is 9.59 Å². The van der Waals surface area contributed by atoms with E-state index in [9.17, 15) is 9.59 Å². The Kier molecular flexibility index (Phi) is 7.14. The van der Waals surface area contributed by atoms with Gasteiger partial charge in [0.05, 0.1) is 5.56 Å². The molecule has 1 atom stereocenters. The average molecular weight is 355 g/mol. The van der Waals surface area contributed by atoms with E-state index in [2.05, 4.69) is 15.6 Å². The first-order valence-corrected chi connectivity index (χ1v) is 8.74. The van der Waals surface area contributed by atoms with Crippen LogP contribution in [0.4, 0.5) is 5.82 Å². The molecule has 1 amide bonds. The Morgan fingerprint density at radius 2 is 1.85 bits per heavy atom. The van der Waals surface area contributed by atoms with Crippen molar-refractivity contribution in [2.75, 3.05) is 5.32 Å². The second kappa shape index (κ2) is 9.56. The molecule has 138 valence electrons. The summed E-state index contributed by atoms with van der Waals surface area (Å²) in [7, 11) is 0. The molecule has 0 aliphatic heterocycles. The van der Waals surface area contributed by atoms with Gasteiger partial charge in [-0.1, -0.05) is 30.3 Å². The lowest BCUT2D eigenvalue weighted by Crippen LogP contribution is -2.37. The summed E-state index contributed by atoms with van der Waals surface area (Å²) in [5, 5.41) is 15.1. The fraction of sp³-hybridized carbons (Fsp3) is 0.350. The van der Waals surface area contributed by atoms with Crippen molar-refractivity contribution in [2.24, 2.45) is 0 Å². The Hall–Kier alpha value is -2.89. The van der Waals surface area contributed by atoms with E-state index in [0.717, 1.165) is 5.56 Å². The number of carbonyl (C=O) groups excluding carboxylic acids is 1. The van der Waals surface area contributed by atoms with Crippen molar-refractivity contribution in [2.45, 2.75) is 45.2 Å². The predicted molar refractivity (Wildman–Crippen MR) is 101 cm³/mol. The monoisotopic (exact) mass is 355 g/mol. The van der Waals surface area contributed by atoms with Crippen LogP contribution in [0.1, 0.15) is 42.6 Å². The molecule has 3 N–H and O–H groups in total. The molecule has 0 fully saturated rings. The van der Waals surface area contributed by atoms with E-state index in [4.69, 9.17) is 5.11 Å². The van der Waals surface area contributed by atoms with E-state index in [-0.39, 0.29) is 24.4 Å². The summed E-state index contributed by atoms with van der Waals surface area (Å²) in [6.07, 6.45) is 2.57. The molecular weight excluding hydrogens is 330 g/mol. The first-order valence-electron chi connectivity index (χ1n) is 8.74.